The lowest BCUT2D eigenvalue weighted by Gasteiger charge is -2.21. The first-order valence-corrected chi connectivity index (χ1v) is 5.34. The van der Waals surface area contributed by atoms with E-state index in [9.17, 15) is 5.11 Å². The molecule has 2 rings (SSSR count). The molecular weight excluding hydrogens is 232 g/mol. The monoisotopic (exact) mass is 244 g/mol. The van der Waals surface area contributed by atoms with E-state index in [1.54, 1.807) is 19.1 Å². The van der Waals surface area contributed by atoms with Gasteiger partial charge in [-0.2, -0.15) is 5.26 Å². The molecular formula is C12H12N4O2. The Kier molecular flexibility index (Phi) is 3.26. The molecule has 6 nitrogen and oxygen atoms in total. The number of aliphatic hydroxyl groups is 1. The number of nitrogens with one attached hydrogen (secondary N) is 1. The maximum Gasteiger partial charge on any atom is 0.158 e. The Bertz CT molecular complexity index is 540. The lowest BCUT2D eigenvalue weighted by Crippen LogP contribution is -2.30. The van der Waals surface area contributed by atoms with Crippen LogP contribution in [0.15, 0.2) is 35.2 Å². The largest absolute Gasteiger partial charge is 0.466 e. The van der Waals surface area contributed by atoms with Gasteiger partial charge in [0.25, 0.3) is 0 Å². The zero-order valence-electron chi connectivity index (χ0n) is 9.79. The van der Waals surface area contributed by atoms with E-state index in [0.717, 1.165) is 0 Å². The second kappa shape index (κ2) is 4.85. The third-order valence-corrected chi connectivity index (χ3v) is 2.43. The summed E-state index contributed by atoms with van der Waals surface area (Å²) in [6.45, 7) is 1.86. The van der Waals surface area contributed by atoms with Gasteiger partial charge >= 0.3 is 0 Å². The highest BCUT2D eigenvalue weighted by molar-refractivity contribution is 5.34. The molecule has 1 atom stereocenters. The first-order valence-electron chi connectivity index (χ1n) is 5.34. The van der Waals surface area contributed by atoms with Crippen LogP contribution in [0.5, 0.6) is 0 Å². The van der Waals surface area contributed by atoms with Crippen molar-refractivity contribution < 1.29 is 9.52 Å². The standard InChI is InChI=1S/C12H12N4O2/c1-12(17,10-3-2-4-18-10)8-16-11-7-14-9(5-13)6-15-11/h2-4,6-7,17H,8H2,1H3,(H,15,16). The summed E-state index contributed by atoms with van der Waals surface area (Å²) < 4.78 is 5.15. The van der Waals surface area contributed by atoms with Crippen molar-refractivity contribution in [2.24, 2.45) is 0 Å². The summed E-state index contributed by atoms with van der Waals surface area (Å²) in [6, 6.07) is 5.30. The number of nitriles is 1. The average Bonchev–Trinajstić information content (AvgIpc) is 2.92. The molecule has 2 N–H and O–H groups in total. The zero-order valence-corrected chi connectivity index (χ0v) is 9.79. The Hall–Kier alpha value is -2.39. The van der Waals surface area contributed by atoms with Crippen molar-refractivity contribution in [3.63, 3.8) is 0 Å². The summed E-state index contributed by atoms with van der Waals surface area (Å²) >= 11 is 0. The molecule has 0 saturated heterocycles. The van der Waals surface area contributed by atoms with Gasteiger partial charge in [-0.25, -0.2) is 9.97 Å². The van der Waals surface area contributed by atoms with E-state index in [2.05, 4.69) is 15.3 Å². The number of hydrogen-bond acceptors (Lipinski definition) is 6. The van der Waals surface area contributed by atoms with Crippen molar-refractivity contribution in [3.8, 4) is 6.07 Å². The van der Waals surface area contributed by atoms with E-state index in [0.29, 0.717) is 11.6 Å². The smallest absolute Gasteiger partial charge is 0.158 e. The normalized spacial score (nSPS) is 13.6. The van der Waals surface area contributed by atoms with Crippen LogP contribution in [-0.2, 0) is 5.60 Å². The molecule has 18 heavy (non-hydrogen) atoms. The minimum absolute atomic E-state index is 0.223. The quantitative estimate of drug-likeness (QED) is 0.840. The average molecular weight is 244 g/mol. The number of nitrogens with zero attached hydrogens (tertiary/aromatic N) is 3. The fraction of sp³-hybridized carbons (Fsp3) is 0.250. The number of anilines is 1. The number of rotatable bonds is 4. The highest BCUT2D eigenvalue weighted by Gasteiger charge is 2.25. The molecule has 2 aromatic heterocycles. The summed E-state index contributed by atoms with van der Waals surface area (Å²) in [5.41, 5.74) is -0.891. The van der Waals surface area contributed by atoms with Crippen LogP contribution in [0.4, 0.5) is 5.82 Å². The van der Waals surface area contributed by atoms with Crippen LogP contribution in [-0.4, -0.2) is 21.6 Å². The first-order chi connectivity index (χ1) is 8.62. The molecule has 0 bridgehead atoms. The van der Waals surface area contributed by atoms with Crippen molar-refractivity contribution >= 4 is 5.82 Å². The molecule has 92 valence electrons. The van der Waals surface area contributed by atoms with Crippen LogP contribution in [0.2, 0.25) is 0 Å². The minimum atomic E-state index is -1.14. The number of furan rings is 1. The fourth-order valence-electron chi connectivity index (χ4n) is 1.41. The third kappa shape index (κ3) is 2.64. The molecule has 0 fully saturated rings. The second-order valence-electron chi connectivity index (χ2n) is 4.00. The summed E-state index contributed by atoms with van der Waals surface area (Å²) in [7, 11) is 0. The molecule has 1 unspecified atom stereocenters. The van der Waals surface area contributed by atoms with Gasteiger partial charge < -0.3 is 14.8 Å². The minimum Gasteiger partial charge on any atom is -0.466 e. The summed E-state index contributed by atoms with van der Waals surface area (Å²) in [5, 5.41) is 21.7. The highest BCUT2D eigenvalue weighted by Crippen LogP contribution is 2.21. The molecule has 6 heteroatoms. The van der Waals surface area contributed by atoms with E-state index >= 15 is 0 Å². The van der Waals surface area contributed by atoms with Crippen molar-refractivity contribution in [2.75, 3.05) is 11.9 Å². The van der Waals surface area contributed by atoms with Crippen LogP contribution in [0, 0.1) is 11.3 Å². The Labute approximate surface area is 104 Å². The van der Waals surface area contributed by atoms with Crippen molar-refractivity contribution in [1.29, 1.82) is 5.26 Å². The van der Waals surface area contributed by atoms with E-state index in [4.69, 9.17) is 9.68 Å². The molecule has 0 spiro atoms. The van der Waals surface area contributed by atoms with Gasteiger partial charge in [0.1, 0.15) is 23.2 Å². The summed E-state index contributed by atoms with van der Waals surface area (Å²) in [5.74, 6) is 0.956. The van der Waals surface area contributed by atoms with E-state index in [-0.39, 0.29) is 12.2 Å². The van der Waals surface area contributed by atoms with Gasteiger partial charge in [0, 0.05) is 0 Å². The third-order valence-electron chi connectivity index (χ3n) is 2.43. The molecule has 0 aliphatic heterocycles. The van der Waals surface area contributed by atoms with Gasteiger partial charge in [-0.15, -0.1) is 0 Å². The van der Waals surface area contributed by atoms with Gasteiger partial charge in [-0.05, 0) is 19.1 Å². The maximum atomic E-state index is 10.2. The fourth-order valence-corrected chi connectivity index (χ4v) is 1.41. The molecule has 0 aliphatic carbocycles. The van der Waals surface area contributed by atoms with Crippen molar-refractivity contribution in [3.05, 3.63) is 42.2 Å². The molecule has 2 heterocycles. The lowest BCUT2D eigenvalue weighted by atomic mass is 10.0. The molecule has 0 saturated carbocycles. The van der Waals surface area contributed by atoms with Crippen LogP contribution in [0.25, 0.3) is 0 Å². The van der Waals surface area contributed by atoms with E-state index in [1.165, 1.54) is 18.7 Å². The van der Waals surface area contributed by atoms with Gasteiger partial charge in [0.15, 0.2) is 5.69 Å². The molecule has 2 aromatic rings. The van der Waals surface area contributed by atoms with E-state index < -0.39 is 5.60 Å². The Morgan fingerprint density at radius 3 is 2.89 bits per heavy atom. The number of hydrogen-bond donors (Lipinski definition) is 2. The van der Waals surface area contributed by atoms with Crippen molar-refractivity contribution in [2.45, 2.75) is 12.5 Å². The predicted octanol–water partition coefficient (Wildman–Crippen LogP) is 1.26. The van der Waals surface area contributed by atoms with Gasteiger partial charge in [-0.1, -0.05) is 0 Å². The SMILES string of the molecule is CC(O)(CNc1cnc(C#N)cn1)c1ccco1. The van der Waals surface area contributed by atoms with Gasteiger partial charge in [0.2, 0.25) is 0 Å². The lowest BCUT2D eigenvalue weighted by molar-refractivity contribution is 0.0476. The molecule has 0 aliphatic rings. The van der Waals surface area contributed by atoms with Crippen LogP contribution >= 0.6 is 0 Å². The van der Waals surface area contributed by atoms with Crippen LogP contribution in [0.1, 0.15) is 18.4 Å². The van der Waals surface area contributed by atoms with Crippen molar-refractivity contribution in [1.82, 2.24) is 9.97 Å². The zero-order chi connectivity index (χ0) is 13.0. The molecule has 0 radical (unpaired) electrons. The highest BCUT2D eigenvalue weighted by atomic mass is 16.4. The summed E-state index contributed by atoms with van der Waals surface area (Å²) in [4.78, 5) is 7.87. The Balaban J connectivity index is 2.01. The first kappa shape index (κ1) is 12.1. The van der Waals surface area contributed by atoms with Crippen LogP contribution < -0.4 is 5.32 Å². The second-order valence-corrected chi connectivity index (χ2v) is 4.00. The Morgan fingerprint density at radius 2 is 2.33 bits per heavy atom. The maximum absolute atomic E-state index is 10.2. The van der Waals surface area contributed by atoms with Gasteiger partial charge in [-0.3, -0.25) is 0 Å². The van der Waals surface area contributed by atoms with Crippen LogP contribution in [0.3, 0.4) is 0 Å². The molecule has 0 aromatic carbocycles. The topological polar surface area (TPSA) is 95.0 Å². The number of aromatic nitrogens is 2. The molecule has 0 amide bonds. The van der Waals surface area contributed by atoms with Gasteiger partial charge in [0.05, 0.1) is 25.2 Å². The summed E-state index contributed by atoms with van der Waals surface area (Å²) in [6.07, 6.45) is 4.31. The predicted molar refractivity (Wildman–Crippen MR) is 63.5 cm³/mol. The van der Waals surface area contributed by atoms with E-state index in [1.807, 2.05) is 6.07 Å². The Morgan fingerprint density at radius 1 is 1.50 bits per heavy atom.